The van der Waals surface area contributed by atoms with Crippen LogP contribution >= 0.6 is 0 Å². The van der Waals surface area contributed by atoms with Crippen LogP contribution in [0.15, 0.2) is 48.5 Å². The van der Waals surface area contributed by atoms with Crippen LogP contribution in [-0.2, 0) is 16.1 Å². The van der Waals surface area contributed by atoms with Crippen molar-refractivity contribution in [2.24, 2.45) is 0 Å². The Hall–Kier alpha value is -3.22. The summed E-state index contributed by atoms with van der Waals surface area (Å²) in [6.45, 7) is 3.77. The average Bonchev–Trinajstić information content (AvgIpc) is 2.81. The van der Waals surface area contributed by atoms with Gasteiger partial charge in [0.1, 0.15) is 6.04 Å². The first-order valence-electron chi connectivity index (χ1n) is 10.3. The average molecular weight is 440 g/mol. The third kappa shape index (κ3) is 8.13. The molecule has 2 atom stereocenters. The van der Waals surface area contributed by atoms with E-state index in [-0.39, 0.29) is 0 Å². The quantitative estimate of drug-likeness (QED) is 0.164. The number of ether oxygens (including phenoxy) is 1. The molecule has 0 fully saturated rings. The van der Waals surface area contributed by atoms with Gasteiger partial charge in [-0.2, -0.15) is 0 Å². The standard InChI is InChI=1S/C24H29N3O5/c1-17(28)22(24(30)27-31)26-23(29)21-12-10-19(11-13-21)5-4-18-6-8-20(9-7-18)16-25-14-3-15-32-2/h6-13,17,22,25,28,31H,3,14-16H2,1-2H3,(H,26,29)(H,27,30). The van der Waals surface area contributed by atoms with E-state index in [2.05, 4.69) is 22.5 Å². The number of rotatable bonds is 10. The summed E-state index contributed by atoms with van der Waals surface area (Å²) in [7, 11) is 1.70. The number of amides is 2. The fourth-order valence-electron chi connectivity index (χ4n) is 2.83. The van der Waals surface area contributed by atoms with Gasteiger partial charge in [0.25, 0.3) is 11.8 Å². The molecule has 0 saturated carbocycles. The van der Waals surface area contributed by atoms with Crippen LogP contribution in [0.2, 0.25) is 0 Å². The molecule has 0 heterocycles. The van der Waals surface area contributed by atoms with Crippen molar-refractivity contribution in [1.82, 2.24) is 16.1 Å². The molecule has 0 bridgehead atoms. The van der Waals surface area contributed by atoms with Crippen LogP contribution in [0.3, 0.4) is 0 Å². The van der Waals surface area contributed by atoms with Crippen LogP contribution < -0.4 is 16.1 Å². The molecule has 0 aromatic heterocycles. The lowest BCUT2D eigenvalue weighted by Crippen LogP contribution is -2.51. The van der Waals surface area contributed by atoms with E-state index in [1.807, 2.05) is 24.3 Å². The van der Waals surface area contributed by atoms with Crippen LogP contribution in [0.25, 0.3) is 0 Å². The molecule has 2 aromatic rings. The van der Waals surface area contributed by atoms with Gasteiger partial charge in [0.15, 0.2) is 0 Å². The van der Waals surface area contributed by atoms with E-state index in [0.717, 1.165) is 37.2 Å². The minimum Gasteiger partial charge on any atom is -0.391 e. The first-order valence-corrected chi connectivity index (χ1v) is 10.3. The molecule has 32 heavy (non-hydrogen) atoms. The number of carbonyl (C=O) groups is 2. The number of aliphatic hydroxyl groups excluding tert-OH is 1. The molecular weight excluding hydrogens is 410 g/mol. The van der Waals surface area contributed by atoms with Gasteiger partial charge in [-0.25, -0.2) is 5.48 Å². The summed E-state index contributed by atoms with van der Waals surface area (Å²) in [5.41, 5.74) is 4.51. The lowest BCUT2D eigenvalue weighted by Gasteiger charge is -2.19. The van der Waals surface area contributed by atoms with Crippen molar-refractivity contribution in [3.63, 3.8) is 0 Å². The van der Waals surface area contributed by atoms with Crippen molar-refractivity contribution in [2.45, 2.75) is 32.0 Å². The molecule has 0 radical (unpaired) electrons. The van der Waals surface area contributed by atoms with Crippen LogP contribution in [-0.4, -0.2) is 54.5 Å². The lowest BCUT2D eigenvalue weighted by atomic mass is 10.1. The first kappa shape index (κ1) is 25.0. The van der Waals surface area contributed by atoms with Crippen molar-refractivity contribution >= 4 is 11.8 Å². The fraction of sp³-hybridized carbons (Fsp3) is 0.333. The number of methoxy groups -OCH3 is 1. The summed E-state index contributed by atoms with van der Waals surface area (Å²) < 4.78 is 5.02. The highest BCUT2D eigenvalue weighted by Gasteiger charge is 2.25. The van der Waals surface area contributed by atoms with Crippen molar-refractivity contribution in [1.29, 1.82) is 0 Å². The van der Waals surface area contributed by atoms with Crippen LogP contribution in [0, 0.1) is 11.8 Å². The summed E-state index contributed by atoms with van der Waals surface area (Å²) in [5.74, 6) is 4.69. The first-order chi connectivity index (χ1) is 15.4. The molecule has 8 heteroatoms. The number of aliphatic hydroxyl groups is 1. The molecule has 0 aliphatic rings. The Morgan fingerprint density at radius 3 is 2.16 bits per heavy atom. The maximum Gasteiger partial charge on any atom is 0.268 e. The SMILES string of the molecule is COCCCNCc1ccc(C#Cc2ccc(C(=O)NC(C(=O)NO)C(C)O)cc2)cc1. The maximum atomic E-state index is 12.3. The van der Waals surface area contributed by atoms with Crippen LogP contribution in [0.1, 0.15) is 40.4 Å². The molecule has 0 spiro atoms. The number of hydroxylamine groups is 1. The second-order valence-electron chi connectivity index (χ2n) is 7.22. The van der Waals surface area contributed by atoms with Crippen LogP contribution in [0.5, 0.6) is 0 Å². The molecule has 2 unspecified atom stereocenters. The predicted octanol–water partition coefficient (Wildman–Crippen LogP) is 1.20. The second-order valence-corrected chi connectivity index (χ2v) is 7.22. The summed E-state index contributed by atoms with van der Waals surface area (Å²) >= 11 is 0. The molecule has 0 aliphatic carbocycles. The van der Waals surface area contributed by atoms with E-state index in [1.165, 1.54) is 18.0 Å². The van der Waals surface area contributed by atoms with Gasteiger partial charge >= 0.3 is 0 Å². The van der Waals surface area contributed by atoms with Crippen molar-refractivity contribution in [3.05, 3.63) is 70.8 Å². The maximum absolute atomic E-state index is 12.3. The zero-order valence-electron chi connectivity index (χ0n) is 18.2. The van der Waals surface area contributed by atoms with Gasteiger partial charge in [0.2, 0.25) is 0 Å². The van der Waals surface area contributed by atoms with E-state index in [0.29, 0.717) is 5.56 Å². The van der Waals surface area contributed by atoms with Gasteiger partial charge in [-0.3, -0.25) is 14.8 Å². The largest absolute Gasteiger partial charge is 0.391 e. The van der Waals surface area contributed by atoms with Gasteiger partial charge < -0.3 is 20.5 Å². The topological polar surface area (TPSA) is 120 Å². The zero-order chi connectivity index (χ0) is 23.3. The monoisotopic (exact) mass is 439 g/mol. The van der Waals surface area contributed by atoms with Gasteiger partial charge in [-0.1, -0.05) is 24.0 Å². The van der Waals surface area contributed by atoms with E-state index in [1.54, 1.807) is 31.4 Å². The van der Waals surface area contributed by atoms with Gasteiger partial charge in [0.05, 0.1) is 6.10 Å². The Balaban J connectivity index is 1.93. The molecule has 8 nitrogen and oxygen atoms in total. The molecule has 2 aromatic carbocycles. The fourth-order valence-corrected chi connectivity index (χ4v) is 2.83. The van der Waals surface area contributed by atoms with E-state index in [9.17, 15) is 14.7 Å². The van der Waals surface area contributed by atoms with Crippen LogP contribution in [0.4, 0.5) is 0 Å². The Morgan fingerprint density at radius 2 is 1.62 bits per heavy atom. The Labute approximate surface area is 187 Å². The highest BCUT2D eigenvalue weighted by atomic mass is 16.5. The Kier molecular flexibility index (Phi) is 10.4. The minimum atomic E-state index is -1.27. The molecule has 2 amide bonds. The number of carbonyl (C=O) groups excluding carboxylic acids is 2. The number of nitrogens with one attached hydrogen (secondary N) is 3. The molecular formula is C24H29N3O5. The van der Waals surface area contributed by atoms with Crippen molar-refractivity contribution < 1.29 is 24.6 Å². The number of benzene rings is 2. The molecule has 5 N–H and O–H groups in total. The summed E-state index contributed by atoms with van der Waals surface area (Å²) in [6.07, 6.45) is -0.200. The van der Waals surface area contributed by atoms with Gasteiger partial charge in [-0.15, -0.1) is 0 Å². The third-order valence-corrected chi connectivity index (χ3v) is 4.65. The second kappa shape index (κ2) is 13.2. The molecule has 0 aliphatic heterocycles. The Bertz CT molecular complexity index is 931. The highest BCUT2D eigenvalue weighted by Crippen LogP contribution is 2.07. The zero-order valence-corrected chi connectivity index (χ0v) is 18.2. The lowest BCUT2D eigenvalue weighted by molar-refractivity contribution is -0.133. The molecule has 2 rings (SSSR count). The molecule has 170 valence electrons. The smallest absolute Gasteiger partial charge is 0.268 e. The number of hydrogen-bond acceptors (Lipinski definition) is 6. The predicted molar refractivity (Wildman–Crippen MR) is 120 cm³/mol. The summed E-state index contributed by atoms with van der Waals surface area (Å²) in [4.78, 5) is 23.8. The highest BCUT2D eigenvalue weighted by molar-refractivity contribution is 5.97. The normalized spacial score (nSPS) is 12.2. The van der Waals surface area contributed by atoms with E-state index < -0.39 is 24.0 Å². The van der Waals surface area contributed by atoms with Gasteiger partial charge in [-0.05, 0) is 61.9 Å². The Morgan fingerprint density at radius 1 is 1.03 bits per heavy atom. The van der Waals surface area contributed by atoms with E-state index >= 15 is 0 Å². The summed E-state index contributed by atoms with van der Waals surface area (Å²) in [5, 5.41) is 24.1. The summed E-state index contributed by atoms with van der Waals surface area (Å²) in [6, 6.07) is 13.3. The van der Waals surface area contributed by atoms with E-state index in [4.69, 9.17) is 9.94 Å². The van der Waals surface area contributed by atoms with Crippen molar-refractivity contribution in [2.75, 3.05) is 20.3 Å². The minimum absolute atomic E-state index is 0.300. The third-order valence-electron chi connectivity index (χ3n) is 4.65. The van der Waals surface area contributed by atoms with Crippen molar-refractivity contribution in [3.8, 4) is 11.8 Å². The van der Waals surface area contributed by atoms with Gasteiger partial charge in [0, 0.05) is 37.0 Å². The number of hydrogen-bond donors (Lipinski definition) is 5. The molecule has 0 saturated heterocycles.